The van der Waals surface area contributed by atoms with Crippen LogP contribution in [0.3, 0.4) is 0 Å². The Morgan fingerprint density at radius 2 is 1.78 bits per heavy atom. The Kier molecular flexibility index (Phi) is 6.48. The van der Waals surface area contributed by atoms with E-state index in [9.17, 15) is 14.0 Å². The van der Waals surface area contributed by atoms with Gasteiger partial charge in [-0.05, 0) is 53.4 Å². The van der Waals surface area contributed by atoms with Gasteiger partial charge in [-0.1, -0.05) is 24.3 Å². The van der Waals surface area contributed by atoms with E-state index in [2.05, 4.69) is 10.3 Å². The smallest absolute Gasteiger partial charge is 0.258 e. The molecule has 0 spiro atoms. The summed E-state index contributed by atoms with van der Waals surface area (Å²) in [6.07, 6.45) is 2.21. The van der Waals surface area contributed by atoms with Gasteiger partial charge in [0, 0.05) is 37.8 Å². The molecule has 0 atom stereocenters. The summed E-state index contributed by atoms with van der Waals surface area (Å²) in [5.41, 5.74) is 4.49. The Labute approximate surface area is 213 Å². The van der Waals surface area contributed by atoms with Gasteiger partial charge in [0.15, 0.2) is 5.75 Å². The molecule has 0 radical (unpaired) electrons. The van der Waals surface area contributed by atoms with E-state index in [1.54, 1.807) is 44.4 Å². The molecule has 0 bridgehead atoms. The zero-order chi connectivity index (χ0) is 26.1. The largest absolute Gasteiger partial charge is 0.497 e. The van der Waals surface area contributed by atoms with Gasteiger partial charge in [-0.25, -0.2) is 4.39 Å². The molecule has 0 saturated carbocycles. The van der Waals surface area contributed by atoms with E-state index < -0.39 is 0 Å². The van der Waals surface area contributed by atoms with Crippen LogP contribution in [-0.4, -0.2) is 42.9 Å². The number of benzene rings is 3. The lowest BCUT2D eigenvalue weighted by atomic mass is 9.94. The Bertz CT molecular complexity index is 1500. The van der Waals surface area contributed by atoms with E-state index in [4.69, 9.17) is 9.47 Å². The van der Waals surface area contributed by atoms with Crippen LogP contribution in [0.5, 0.6) is 11.5 Å². The van der Waals surface area contributed by atoms with E-state index >= 15 is 0 Å². The number of pyridine rings is 1. The highest BCUT2D eigenvalue weighted by molar-refractivity contribution is 6.16. The summed E-state index contributed by atoms with van der Waals surface area (Å²) in [6.45, 7) is 0.495. The van der Waals surface area contributed by atoms with Crippen molar-refractivity contribution in [3.05, 3.63) is 100.0 Å². The molecule has 1 N–H and O–H groups in total. The molecule has 0 aliphatic carbocycles. The normalized spacial score (nSPS) is 12.5. The lowest BCUT2D eigenvalue weighted by Crippen LogP contribution is -2.21. The number of nitrogens with one attached hydrogen (secondary N) is 1. The molecule has 5 rings (SSSR count). The van der Waals surface area contributed by atoms with Crippen LogP contribution in [0.4, 0.5) is 4.39 Å². The Morgan fingerprint density at radius 1 is 1.08 bits per heavy atom. The molecule has 3 aromatic carbocycles. The number of carbonyl (C=O) groups is 2. The molecule has 0 unspecified atom stereocenters. The third-order valence-corrected chi connectivity index (χ3v) is 6.53. The number of amides is 2. The van der Waals surface area contributed by atoms with Crippen LogP contribution < -0.4 is 14.8 Å². The quantitative estimate of drug-likeness (QED) is 0.405. The first-order chi connectivity index (χ1) is 17.9. The van der Waals surface area contributed by atoms with Crippen LogP contribution >= 0.6 is 0 Å². The highest BCUT2D eigenvalue weighted by Crippen LogP contribution is 2.40. The molecule has 37 heavy (non-hydrogen) atoms. The summed E-state index contributed by atoms with van der Waals surface area (Å²) in [5, 5.41) is 3.31. The molecule has 0 saturated heterocycles. The van der Waals surface area contributed by atoms with E-state index in [-0.39, 0.29) is 30.8 Å². The summed E-state index contributed by atoms with van der Waals surface area (Å²) in [7, 11) is 4.86. The van der Waals surface area contributed by atoms with Gasteiger partial charge < -0.3 is 19.7 Å². The number of halogens is 1. The van der Waals surface area contributed by atoms with E-state index in [1.165, 1.54) is 12.1 Å². The maximum atomic E-state index is 13.4. The minimum atomic E-state index is -0.301. The summed E-state index contributed by atoms with van der Waals surface area (Å²) in [4.78, 5) is 32.5. The maximum Gasteiger partial charge on any atom is 0.258 e. The van der Waals surface area contributed by atoms with Crippen LogP contribution in [-0.2, 0) is 19.6 Å². The second-order valence-electron chi connectivity index (χ2n) is 8.98. The number of fused-ring (bicyclic) bond motifs is 2. The van der Waals surface area contributed by atoms with E-state index in [0.29, 0.717) is 39.8 Å². The molecule has 2 heterocycles. The van der Waals surface area contributed by atoms with Crippen molar-refractivity contribution in [3.63, 3.8) is 0 Å². The highest BCUT2D eigenvalue weighted by atomic mass is 19.1. The Morgan fingerprint density at radius 3 is 2.46 bits per heavy atom. The van der Waals surface area contributed by atoms with Crippen molar-refractivity contribution < 1.29 is 23.5 Å². The fraction of sp³-hybridized carbons (Fsp3) is 0.207. The van der Waals surface area contributed by atoms with Crippen molar-refractivity contribution in [1.29, 1.82) is 0 Å². The van der Waals surface area contributed by atoms with Gasteiger partial charge in [-0.3, -0.25) is 14.6 Å². The van der Waals surface area contributed by atoms with Crippen molar-refractivity contribution in [1.82, 2.24) is 15.2 Å². The molecule has 188 valence electrons. The molecule has 4 aromatic rings. The summed E-state index contributed by atoms with van der Waals surface area (Å²) >= 11 is 0. The predicted molar refractivity (Wildman–Crippen MR) is 137 cm³/mol. The first-order valence-corrected chi connectivity index (χ1v) is 11.8. The number of aromatic nitrogens is 1. The predicted octanol–water partition coefficient (Wildman–Crippen LogP) is 4.50. The van der Waals surface area contributed by atoms with Crippen LogP contribution in [0.2, 0.25) is 0 Å². The number of nitrogens with zero attached hydrogens (tertiary/aromatic N) is 2. The van der Waals surface area contributed by atoms with Crippen molar-refractivity contribution in [2.45, 2.75) is 19.6 Å². The molecule has 8 heteroatoms. The second kappa shape index (κ2) is 9.89. The number of methoxy groups -OCH3 is 1. The molecule has 1 aliphatic heterocycles. The van der Waals surface area contributed by atoms with Crippen molar-refractivity contribution in [2.75, 3.05) is 21.2 Å². The Hall–Kier alpha value is -4.46. The third kappa shape index (κ3) is 4.58. The molecule has 1 aromatic heterocycles. The van der Waals surface area contributed by atoms with Crippen LogP contribution in [0.1, 0.15) is 43.0 Å². The summed E-state index contributed by atoms with van der Waals surface area (Å²) < 4.78 is 24.9. The monoisotopic (exact) mass is 499 g/mol. The zero-order valence-corrected chi connectivity index (χ0v) is 20.8. The molecule has 0 fully saturated rings. The zero-order valence-electron chi connectivity index (χ0n) is 20.8. The molecule has 7 nitrogen and oxygen atoms in total. The SMILES string of the molecule is CNC(=O)c1c2c(c(OCc3ccc(OC)cc3)c3ncc(Cc4ccc(F)cc4)cc13)C(=O)N(C)C2. The van der Waals surface area contributed by atoms with Crippen LogP contribution in [0, 0.1) is 5.82 Å². The average molecular weight is 500 g/mol. The standard InChI is InChI=1S/C29H26FN3O4/c1-31-28(34)24-22-13-19(12-17-4-8-20(30)9-5-17)14-32-26(22)27(25-23(24)15-33(2)29(25)35)37-16-18-6-10-21(36-3)11-7-18/h4-11,13-14H,12,15-16H2,1-3H3,(H,31,34). The van der Waals surface area contributed by atoms with Gasteiger partial charge in [0.2, 0.25) is 0 Å². The number of hydrogen-bond donors (Lipinski definition) is 1. The maximum absolute atomic E-state index is 13.4. The van der Waals surface area contributed by atoms with Gasteiger partial charge >= 0.3 is 0 Å². The average Bonchev–Trinajstić information content (AvgIpc) is 3.21. The van der Waals surface area contributed by atoms with Gasteiger partial charge in [0.05, 0.1) is 18.2 Å². The summed E-state index contributed by atoms with van der Waals surface area (Å²) in [6, 6.07) is 15.6. The first-order valence-electron chi connectivity index (χ1n) is 11.8. The topological polar surface area (TPSA) is 80.8 Å². The van der Waals surface area contributed by atoms with Crippen molar-refractivity contribution in [2.24, 2.45) is 0 Å². The number of hydrogen-bond acceptors (Lipinski definition) is 5. The first kappa shape index (κ1) is 24.2. The second-order valence-corrected chi connectivity index (χ2v) is 8.98. The molecular formula is C29H26FN3O4. The highest BCUT2D eigenvalue weighted by Gasteiger charge is 2.35. The number of rotatable bonds is 7. The van der Waals surface area contributed by atoms with Crippen molar-refractivity contribution in [3.8, 4) is 11.5 Å². The van der Waals surface area contributed by atoms with Crippen LogP contribution in [0.15, 0.2) is 60.8 Å². The van der Waals surface area contributed by atoms with Gasteiger partial charge in [-0.2, -0.15) is 0 Å². The lowest BCUT2D eigenvalue weighted by molar-refractivity contribution is 0.0812. The van der Waals surface area contributed by atoms with Crippen molar-refractivity contribution >= 4 is 22.7 Å². The fourth-order valence-corrected chi connectivity index (χ4v) is 4.64. The molecule has 2 amide bonds. The molecule has 1 aliphatic rings. The minimum absolute atomic E-state index is 0.209. The van der Waals surface area contributed by atoms with E-state index in [1.807, 2.05) is 30.3 Å². The van der Waals surface area contributed by atoms with Crippen LogP contribution in [0.25, 0.3) is 10.9 Å². The summed E-state index contributed by atoms with van der Waals surface area (Å²) in [5.74, 6) is 0.273. The molecular weight excluding hydrogens is 473 g/mol. The Balaban J connectivity index is 1.64. The third-order valence-electron chi connectivity index (χ3n) is 6.53. The van der Waals surface area contributed by atoms with Gasteiger partial charge in [-0.15, -0.1) is 0 Å². The fourth-order valence-electron chi connectivity index (χ4n) is 4.64. The van der Waals surface area contributed by atoms with Gasteiger partial charge in [0.25, 0.3) is 11.8 Å². The number of ether oxygens (including phenoxy) is 2. The van der Waals surface area contributed by atoms with Gasteiger partial charge in [0.1, 0.15) is 23.7 Å². The minimum Gasteiger partial charge on any atom is -0.497 e. The number of carbonyl (C=O) groups excluding carboxylic acids is 2. The van der Waals surface area contributed by atoms with E-state index in [0.717, 1.165) is 22.4 Å². The lowest BCUT2D eigenvalue weighted by Gasteiger charge is -2.17.